The summed E-state index contributed by atoms with van der Waals surface area (Å²) in [6, 6.07) is -5.98. The van der Waals surface area contributed by atoms with Crippen LogP contribution in [0.2, 0.25) is 0 Å². The van der Waals surface area contributed by atoms with E-state index in [0.717, 1.165) is 6.92 Å². The number of nitrogens with zero attached hydrogens (tertiary/aromatic N) is 1. The summed E-state index contributed by atoms with van der Waals surface area (Å²) in [5.41, 5.74) is 11.3. The van der Waals surface area contributed by atoms with Crippen LogP contribution in [0.5, 0.6) is 0 Å². The minimum Gasteiger partial charge on any atom is -0.481 e. The first-order valence-electron chi connectivity index (χ1n) is 13.8. The summed E-state index contributed by atoms with van der Waals surface area (Å²) in [5, 5.41) is 21.4. The molecule has 0 spiro atoms. The smallest absolute Gasteiger partial charge is 0.305 e. The van der Waals surface area contributed by atoms with Crippen LogP contribution in [0.1, 0.15) is 59.1 Å². The monoisotopic (exact) mass is 609 g/mol. The van der Waals surface area contributed by atoms with Crippen molar-refractivity contribution in [2.45, 2.75) is 90.0 Å². The second-order valence-electron chi connectivity index (χ2n) is 10.4. The third kappa shape index (κ3) is 13.3. The van der Waals surface area contributed by atoms with Crippen LogP contribution in [-0.4, -0.2) is 93.2 Å². The molecule has 0 saturated heterocycles. The fourth-order valence-corrected chi connectivity index (χ4v) is 3.96. The molecule has 17 nitrogen and oxygen atoms in total. The molecule has 0 aromatic carbocycles. The molecule has 1 rings (SSSR count). The first kappa shape index (κ1) is 36.5. The summed E-state index contributed by atoms with van der Waals surface area (Å²) < 4.78 is 0. The number of carbonyl (C=O) groups excluding carboxylic acids is 6. The summed E-state index contributed by atoms with van der Waals surface area (Å²) in [4.78, 5) is 93.2. The van der Waals surface area contributed by atoms with Crippen LogP contribution >= 0.6 is 0 Å². The molecular formula is C26H43N9O8. The average Bonchev–Trinajstić information content (AvgIpc) is 3.42. The van der Waals surface area contributed by atoms with Gasteiger partial charge in [-0.05, 0) is 38.6 Å². The zero-order valence-electron chi connectivity index (χ0n) is 24.8. The number of nitrogens with one attached hydrogen (secondary N) is 6. The maximum absolute atomic E-state index is 13.2. The minimum absolute atomic E-state index is 0.110. The Kier molecular flexibility index (Phi) is 15.4. The molecule has 240 valence electrons. The van der Waals surface area contributed by atoms with E-state index in [1.165, 1.54) is 19.4 Å². The van der Waals surface area contributed by atoms with Gasteiger partial charge in [-0.2, -0.15) is 0 Å². The largest absolute Gasteiger partial charge is 0.481 e. The number of aromatic amines is 1. The normalized spacial score (nSPS) is 14.4. The van der Waals surface area contributed by atoms with Gasteiger partial charge in [-0.15, -0.1) is 0 Å². The summed E-state index contributed by atoms with van der Waals surface area (Å²) >= 11 is 0. The average molecular weight is 610 g/mol. The van der Waals surface area contributed by atoms with E-state index < -0.39 is 84.0 Å². The Morgan fingerprint density at radius 2 is 1.49 bits per heavy atom. The van der Waals surface area contributed by atoms with Crippen molar-refractivity contribution in [3.8, 4) is 0 Å². The predicted molar refractivity (Wildman–Crippen MR) is 152 cm³/mol. The SMILES string of the molecule is CC(=O)N[C@@H](CC(=O)O)C(=O)N[C@@H](Cc1cnc[nH]1)C(=O)N[C@@H](C)C(=O)N[C@H](C(=O)N[C@@H](CCCCN)C(N)=O)C(C)C. The number of carbonyl (C=O) groups is 7. The number of aliphatic carboxylic acids is 1. The van der Waals surface area contributed by atoms with Crippen LogP contribution < -0.4 is 38.1 Å². The molecule has 6 amide bonds. The zero-order valence-corrected chi connectivity index (χ0v) is 24.8. The Balaban J connectivity index is 3.00. The number of carboxylic acids is 1. The lowest BCUT2D eigenvalue weighted by Crippen LogP contribution is -2.59. The molecule has 11 N–H and O–H groups in total. The van der Waals surface area contributed by atoms with Gasteiger partial charge in [-0.25, -0.2) is 4.98 Å². The third-order valence-electron chi connectivity index (χ3n) is 6.29. The number of nitrogens with two attached hydrogens (primary N) is 2. The number of imidazole rings is 1. The number of H-pyrrole nitrogens is 1. The molecule has 1 heterocycles. The van der Waals surface area contributed by atoms with Crippen molar-refractivity contribution < 1.29 is 38.7 Å². The number of unbranched alkanes of at least 4 members (excludes halogenated alkanes) is 1. The number of aromatic nitrogens is 2. The van der Waals surface area contributed by atoms with Crippen LogP contribution in [0, 0.1) is 5.92 Å². The Bertz CT molecular complexity index is 1110. The van der Waals surface area contributed by atoms with Crippen molar-refractivity contribution >= 4 is 41.4 Å². The second-order valence-corrected chi connectivity index (χ2v) is 10.4. The van der Waals surface area contributed by atoms with Crippen LogP contribution in [0.25, 0.3) is 0 Å². The summed E-state index contributed by atoms with van der Waals surface area (Å²) in [6.45, 7) is 6.25. The van der Waals surface area contributed by atoms with Gasteiger partial charge in [0.2, 0.25) is 35.4 Å². The Morgan fingerprint density at radius 3 is 2.00 bits per heavy atom. The lowest BCUT2D eigenvalue weighted by Gasteiger charge is -2.27. The first-order chi connectivity index (χ1) is 20.2. The van der Waals surface area contributed by atoms with Crippen LogP contribution in [-0.2, 0) is 40.0 Å². The van der Waals surface area contributed by atoms with E-state index in [4.69, 9.17) is 16.6 Å². The predicted octanol–water partition coefficient (Wildman–Crippen LogP) is -2.84. The molecule has 0 unspecified atom stereocenters. The third-order valence-corrected chi connectivity index (χ3v) is 6.29. The van der Waals surface area contributed by atoms with E-state index in [1.54, 1.807) is 13.8 Å². The molecule has 1 aromatic rings. The van der Waals surface area contributed by atoms with E-state index >= 15 is 0 Å². The van der Waals surface area contributed by atoms with Crippen molar-refractivity contribution in [1.29, 1.82) is 0 Å². The topological polar surface area (TPSA) is 281 Å². The van der Waals surface area contributed by atoms with Crippen molar-refractivity contribution in [2.24, 2.45) is 17.4 Å². The maximum Gasteiger partial charge on any atom is 0.305 e. The molecule has 0 bridgehead atoms. The van der Waals surface area contributed by atoms with E-state index in [0.29, 0.717) is 25.1 Å². The van der Waals surface area contributed by atoms with Gasteiger partial charge in [0, 0.05) is 25.2 Å². The Morgan fingerprint density at radius 1 is 0.860 bits per heavy atom. The lowest BCUT2D eigenvalue weighted by atomic mass is 10.0. The highest BCUT2D eigenvalue weighted by Gasteiger charge is 2.32. The van der Waals surface area contributed by atoms with Crippen LogP contribution in [0.15, 0.2) is 12.5 Å². The number of primary amides is 1. The molecule has 43 heavy (non-hydrogen) atoms. The summed E-state index contributed by atoms with van der Waals surface area (Å²) in [7, 11) is 0. The van der Waals surface area contributed by atoms with Crippen LogP contribution in [0.4, 0.5) is 0 Å². The lowest BCUT2D eigenvalue weighted by molar-refractivity contribution is -0.141. The van der Waals surface area contributed by atoms with Gasteiger partial charge < -0.3 is 48.1 Å². The van der Waals surface area contributed by atoms with Gasteiger partial charge in [0.25, 0.3) is 0 Å². The van der Waals surface area contributed by atoms with E-state index in [1.807, 2.05) is 0 Å². The fraction of sp³-hybridized carbons (Fsp3) is 0.615. The summed E-state index contributed by atoms with van der Waals surface area (Å²) in [6.07, 6.45) is 3.40. The molecule has 5 atom stereocenters. The molecule has 0 fully saturated rings. The number of carboxylic acid groups (broad SMARTS) is 1. The Labute approximate surface area is 249 Å². The van der Waals surface area contributed by atoms with Crippen molar-refractivity contribution in [1.82, 2.24) is 36.6 Å². The minimum atomic E-state index is -1.46. The van der Waals surface area contributed by atoms with Crippen molar-refractivity contribution in [2.75, 3.05) is 6.54 Å². The highest BCUT2D eigenvalue weighted by atomic mass is 16.4. The summed E-state index contributed by atoms with van der Waals surface area (Å²) in [5.74, 6) is -6.23. The fourth-order valence-electron chi connectivity index (χ4n) is 3.96. The molecule has 0 aliphatic rings. The molecule has 17 heteroatoms. The van der Waals surface area contributed by atoms with Gasteiger partial charge in [0.05, 0.1) is 12.7 Å². The van der Waals surface area contributed by atoms with E-state index in [9.17, 15) is 33.6 Å². The highest BCUT2D eigenvalue weighted by Crippen LogP contribution is 2.07. The maximum atomic E-state index is 13.2. The highest BCUT2D eigenvalue weighted by molar-refractivity contribution is 5.96. The van der Waals surface area contributed by atoms with Crippen molar-refractivity contribution in [3.05, 3.63) is 18.2 Å². The zero-order chi connectivity index (χ0) is 32.7. The van der Waals surface area contributed by atoms with E-state index in [2.05, 4.69) is 36.6 Å². The van der Waals surface area contributed by atoms with Gasteiger partial charge in [-0.1, -0.05) is 13.8 Å². The van der Waals surface area contributed by atoms with Gasteiger partial charge in [0.1, 0.15) is 30.2 Å². The molecule has 1 aromatic heterocycles. The van der Waals surface area contributed by atoms with Gasteiger partial charge in [0.15, 0.2) is 0 Å². The standard InChI is InChI=1S/C26H43N9O8/c1-13(2)21(26(43)33-17(22(28)39)7-5-6-8-27)35-23(40)14(3)31-24(41)18(9-16-11-29-12-30-16)34-25(42)19(10-20(37)38)32-15(4)36/h11-14,17-19,21H,5-10,27H2,1-4H3,(H2,28,39)(H,29,30)(H,31,41)(H,32,36)(H,33,43)(H,34,42)(H,35,40)(H,37,38)/t14-,17-,18-,19-,21-/m0/s1. The molecule has 0 aliphatic carbocycles. The number of amides is 6. The van der Waals surface area contributed by atoms with Crippen LogP contribution in [0.3, 0.4) is 0 Å². The van der Waals surface area contributed by atoms with Crippen molar-refractivity contribution in [3.63, 3.8) is 0 Å². The molecule has 0 radical (unpaired) electrons. The molecular weight excluding hydrogens is 566 g/mol. The molecule has 0 aliphatic heterocycles. The second kappa shape index (κ2) is 18.1. The number of hydrogen-bond acceptors (Lipinski definition) is 9. The van der Waals surface area contributed by atoms with Gasteiger partial charge >= 0.3 is 5.97 Å². The quantitative estimate of drug-likeness (QED) is 0.0724. The molecule has 0 saturated carbocycles. The number of rotatable bonds is 19. The first-order valence-corrected chi connectivity index (χ1v) is 13.8. The Hall–Kier alpha value is -4.54. The number of hydrogen-bond donors (Lipinski definition) is 9. The van der Waals surface area contributed by atoms with E-state index in [-0.39, 0.29) is 12.8 Å². The van der Waals surface area contributed by atoms with Gasteiger partial charge in [-0.3, -0.25) is 33.6 Å².